The highest BCUT2D eigenvalue weighted by Crippen LogP contribution is 2.32. The van der Waals surface area contributed by atoms with Gasteiger partial charge in [0.1, 0.15) is 5.75 Å². The second-order valence-corrected chi connectivity index (χ2v) is 7.84. The first-order valence-electron chi connectivity index (χ1n) is 7.00. The maximum Gasteiger partial charge on any atom is 0.293 e. The number of benzene rings is 1. The number of rotatable bonds is 4. The predicted molar refractivity (Wildman–Crippen MR) is 110 cm³/mol. The van der Waals surface area contributed by atoms with Crippen molar-refractivity contribution < 1.29 is 18.7 Å². The molecule has 0 saturated heterocycles. The Morgan fingerprint density at radius 3 is 2.54 bits per heavy atom. The van der Waals surface area contributed by atoms with Gasteiger partial charge in [0.25, 0.3) is 11.8 Å². The van der Waals surface area contributed by atoms with Gasteiger partial charge >= 0.3 is 0 Å². The molecule has 0 radical (unpaired) electrons. The monoisotopic (exact) mass is 567 g/mol. The summed E-state index contributed by atoms with van der Waals surface area (Å²) >= 11 is 14.8. The maximum absolute atomic E-state index is 11.8. The van der Waals surface area contributed by atoms with Crippen LogP contribution in [0.2, 0.25) is 0 Å². The van der Waals surface area contributed by atoms with Crippen LogP contribution in [0.4, 0.5) is 0 Å². The molecule has 11 heteroatoms. The van der Waals surface area contributed by atoms with E-state index in [1.165, 1.54) is 6.07 Å². The molecule has 138 valence electrons. The summed E-state index contributed by atoms with van der Waals surface area (Å²) in [6.45, 7) is 1.62. The van der Waals surface area contributed by atoms with Gasteiger partial charge in [0.15, 0.2) is 22.1 Å². The quantitative estimate of drug-likeness (QED) is 0.385. The Hall–Kier alpha value is -1.43. The van der Waals surface area contributed by atoms with Crippen LogP contribution in [0.1, 0.15) is 16.1 Å². The number of carbonyl (C=O) groups is 2. The predicted octanol–water partition coefficient (Wildman–Crippen LogP) is 3.59. The van der Waals surface area contributed by atoms with Crippen LogP contribution in [0.25, 0.3) is 0 Å². The molecule has 0 fully saturated rings. The first-order chi connectivity index (χ1) is 12.3. The molecular formula is C15H12Br3N3O4S. The van der Waals surface area contributed by atoms with E-state index in [1.54, 1.807) is 6.07 Å². The molecule has 0 aliphatic rings. The van der Waals surface area contributed by atoms with Crippen LogP contribution in [0.15, 0.2) is 42.3 Å². The number of aryl methyl sites for hydroxylation is 1. The first-order valence-corrected chi connectivity index (χ1v) is 9.79. The number of amides is 2. The van der Waals surface area contributed by atoms with Crippen LogP contribution in [0.5, 0.6) is 5.75 Å². The van der Waals surface area contributed by atoms with Crippen molar-refractivity contribution in [3.63, 3.8) is 0 Å². The Kier molecular flexibility index (Phi) is 7.62. The Morgan fingerprint density at radius 2 is 1.92 bits per heavy atom. The van der Waals surface area contributed by atoms with Gasteiger partial charge in [0.2, 0.25) is 0 Å². The number of nitrogens with one attached hydrogen (secondary N) is 3. The molecule has 2 aromatic rings. The van der Waals surface area contributed by atoms with Crippen molar-refractivity contribution in [2.45, 2.75) is 6.92 Å². The van der Waals surface area contributed by atoms with E-state index in [4.69, 9.17) is 21.4 Å². The number of hydrogen-bond acceptors (Lipinski definition) is 5. The van der Waals surface area contributed by atoms with Crippen molar-refractivity contribution >= 4 is 76.9 Å². The molecule has 1 heterocycles. The summed E-state index contributed by atoms with van der Waals surface area (Å²) in [5, 5.41) is 2.28. The Labute approximate surface area is 179 Å². The summed E-state index contributed by atoms with van der Waals surface area (Å²) in [4.78, 5) is 23.7. The molecule has 0 saturated carbocycles. The van der Waals surface area contributed by atoms with E-state index in [-0.39, 0.29) is 17.5 Å². The van der Waals surface area contributed by atoms with E-state index in [9.17, 15) is 9.59 Å². The second-order valence-electron chi connectivity index (χ2n) is 4.88. The molecule has 0 atom stereocenters. The van der Waals surface area contributed by atoms with Crippen LogP contribution < -0.4 is 20.9 Å². The van der Waals surface area contributed by atoms with Crippen molar-refractivity contribution in [3.05, 3.63) is 49.2 Å². The Bertz CT molecular complexity index is 833. The van der Waals surface area contributed by atoms with Gasteiger partial charge in [-0.2, -0.15) is 0 Å². The number of thiocarbonyl (C=S) groups is 1. The summed E-state index contributed by atoms with van der Waals surface area (Å²) in [7, 11) is 0. The van der Waals surface area contributed by atoms with E-state index < -0.39 is 11.8 Å². The van der Waals surface area contributed by atoms with E-state index in [0.29, 0.717) is 10.4 Å². The number of furan rings is 1. The highest BCUT2D eigenvalue weighted by atomic mass is 79.9. The molecule has 1 aromatic heterocycles. The van der Waals surface area contributed by atoms with Crippen LogP contribution >= 0.6 is 60.0 Å². The van der Waals surface area contributed by atoms with Crippen LogP contribution in [-0.4, -0.2) is 23.5 Å². The lowest BCUT2D eigenvalue weighted by Crippen LogP contribution is -2.49. The largest absolute Gasteiger partial charge is 0.482 e. The SMILES string of the molecule is Cc1cc(Br)cc(Br)c1OCC(=O)NNC(=S)NC(=O)c1ccc(Br)o1. The van der Waals surface area contributed by atoms with E-state index >= 15 is 0 Å². The molecule has 2 rings (SSSR count). The highest BCUT2D eigenvalue weighted by Gasteiger charge is 2.13. The molecule has 1 aromatic carbocycles. The number of carbonyl (C=O) groups excluding carboxylic acids is 2. The van der Waals surface area contributed by atoms with Crippen molar-refractivity contribution in [2.24, 2.45) is 0 Å². The maximum atomic E-state index is 11.8. The second kappa shape index (κ2) is 9.49. The van der Waals surface area contributed by atoms with Crippen LogP contribution in [0.3, 0.4) is 0 Å². The summed E-state index contributed by atoms with van der Waals surface area (Å²) in [5.74, 6) is -0.390. The number of hydrazine groups is 1. The standard InChI is InChI=1S/C15H12Br3N3O4S/c1-7-4-8(16)5-9(17)13(7)24-6-12(22)20-21-15(26)19-14(23)10-2-3-11(18)25-10/h2-5H,6H2,1H3,(H,20,22)(H2,19,21,23,26). The molecule has 2 amide bonds. The van der Waals surface area contributed by atoms with E-state index in [1.807, 2.05) is 19.1 Å². The fourth-order valence-electron chi connectivity index (χ4n) is 1.80. The molecule has 7 nitrogen and oxygen atoms in total. The summed E-state index contributed by atoms with van der Waals surface area (Å²) < 4.78 is 12.6. The summed E-state index contributed by atoms with van der Waals surface area (Å²) in [6, 6.07) is 6.74. The third kappa shape index (κ3) is 6.08. The molecule has 0 spiro atoms. The minimum atomic E-state index is -0.548. The van der Waals surface area contributed by atoms with E-state index in [0.717, 1.165) is 14.5 Å². The van der Waals surface area contributed by atoms with Crippen LogP contribution in [-0.2, 0) is 4.79 Å². The third-order valence-electron chi connectivity index (χ3n) is 2.88. The van der Waals surface area contributed by atoms with Gasteiger partial charge in [-0.25, -0.2) is 0 Å². The van der Waals surface area contributed by atoms with Crippen molar-refractivity contribution in [3.8, 4) is 5.75 Å². The molecule has 3 N–H and O–H groups in total. The molecule has 0 bridgehead atoms. The zero-order valence-electron chi connectivity index (χ0n) is 13.2. The smallest absolute Gasteiger partial charge is 0.293 e. The number of halogens is 3. The average Bonchev–Trinajstić information content (AvgIpc) is 2.98. The van der Waals surface area contributed by atoms with Gasteiger partial charge in [0.05, 0.1) is 4.47 Å². The van der Waals surface area contributed by atoms with Gasteiger partial charge in [-0.05, 0) is 80.8 Å². The van der Waals surface area contributed by atoms with Gasteiger partial charge < -0.3 is 9.15 Å². The lowest BCUT2D eigenvalue weighted by Gasteiger charge is -2.13. The molecule has 26 heavy (non-hydrogen) atoms. The summed E-state index contributed by atoms with van der Waals surface area (Å²) in [6.07, 6.45) is 0. The van der Waals surface area contributed by atoms with Gasteiger partial charge in [0, 0.05) is 4.47 Å². The minimum Gasteiger partial charge on any atom is -0.482 e. The zero-order chi connectivity index (χ0) is 19.3. The van der Waals surface area contributed by atoms with Crippen LogP contribution in [0, 0.1) is 6.92 Å². The fourth-order valence-corrected chi connectivity index (χ4v) is 3.81. The molecule has 0 aliphatic heterocycles. The fraction of sp³-hybridized carbons (Fsp3) is 0.133. The van der Waals surface area contributed by atoms with Gasteiger partial charge in [-0.3, -0.25) is 25.8 Å². The van der Waals surface area contributed by atoms with Crippen molar-refractivity contribution in [1.82, 2.24) is 16.2 Å². The average molecular weight is 570 g/mol. The highest BCUT2D eigenvalue weighted by molar-refractivity contribution is 9.11. The van der Waals surface area contributed by atoms with Crippen molar-refractivity contribution in [2.75, 3.05) is 6.61 Å². The number of hydrogen-bond donors (Lipinski definition) is 3. The topological polar surface area (TPSA) is 92.6 Å². The lowest BCUT2D eigenvalue weighted by atomic mass is 10.2. The molecular weight excluding hydrogens is 558 g/mol. The Morgan fingerprint density at radius 1 is 1.19 bits per heavy atom. The van der Waals surface area contributed by atoms with Gasteiger partial charge in [-0.15, -0.1) is 0 Å². The lowest BCUT2D eigenvalue weighted by molar-refractivity contribution is -0.123. The molecule has 0 aliphatic carbocycles. The summed E-state index contributed by atoms with van der Waals surface area (Å²) in [5.41, 5.74) is 5.60. The van der Waals surface area contributed by atoms with E-state index in [2.05, 4.69) is 64.0 Å². The zero-order valence-corrected chi connectivity index (χ0v) is 18.8. The minimum absolute atomic E-state index is 0.0752. The first kappa shape index (κ1) is 20.9. The third-order valence-corrected chi connectivity index (χ3v) is 4.56. The van der Waals surface area contributed by atoms with Crippen molar-refractivity contribution in [1.29, 1.82) is 0 Å². The van der Waals surface area contributed by atoms with Gasteiger partial charge in [-0.1, -0.05) is 15.9 Å². The normalized spacial score (nSPS) is 10.2. The number of ether oxygens (including phenoxy) is 1. The Balaban J connectivity index is 1.78. The molecule has 0 unspecified atom stereocenters.